The zero-order valence-electron chi connectivity index (χ0n) is 10.5. The third-order valence-corrected chi connectivity index (χ3v) is 3.73. The van der Waals surface area contributed by atoms with E-state index in [1.807, 2.05) is 0 Å². The van der Waals surface area contributed by atoms with Crippen molar-refractivity contribution in [1.29, 1.82) is 0 Å². The van der Waals surface area contributed by atoms with Gasteiger partial charge in [-0.2, -0.15) is 0 Å². The Morgan fingerprint density at radius 2 is 2.05 bits per heavy atom. The van der Waals surface area contributed by atoms with Crippen LogP contribution in [0.2, 0.25) is 0 Å². The number of nitrogens with one attached hydrogen (secondary N) is 2. The van der Waals surface area contributed by atoms with Gasteiger partial charge in [-0.1, -0.05) is 0 Å². The molecule has 0 heterocycles. The molecule has 106 valence electrons. The van der Waals surface area contributed by atoms with Crippen molar-refractivity contribution in [3.8, 4) is 5.75 Å². The maximum Gasteiger partial charge on any atom is 0.312 e. The van der Waals surface area contributed by atoms with Crippen molar-refractivity contribution in [2.24, 2.45) is 0 Å². The van der Waals surface area contributed by atoms with Gasteiger partial charge in [-0.3, -0.25) is 10.1 Å². The molecule has 0 aromatic heterocycles. The molecular formula is C10H15N3O5S. The smallest absolute Gasteiger partial charge is 0.312 e. The van der Waals surface area contributed by atoms with E-state index in [1.165, 1.54) is 19.2 Å². The highest BCUT2D eigenvalue weighted by Gasteiger charge is 2.21. The van der Waals surface area contributed by atoms with Crippen molar-refractivity contribution in [1.82, 2.24) is 10.0 Å². The lowest BCUT2D eigenvalue weighted by molar-refractivity contribution is -0.386. The SMILES string of the molecule is CNCCOc1ccc(S(=O)(=O)NC)cc1[N+](=O)[O-]. The van der Waals surface area contributed by atoms with Crippen LogP contribution in [0.1, 0.15) is 0 Å². The van der Waals surface area contributed by atoms with Crippen LogP contribution >= 0.6 is 0 Å². The summed E-state index contributed by atoms with van der Waals surface area (Å²) in [6.45, 7) is 0.767. The predicted octanol–water partition coefficient (Wildman–Crippen LogP) is 0.101. The molecule has 0 aliphatic rings. The first kappa shape index (κ1) is 15.3. The molecule has 0 bridgehead atoms. The number of nitro groups is 1. The van der Waals surface area contributed by atoms with Crippen LogP contribution in [0, 0.1) is 10.1 Å². The Kier molecular flexibility index (Phi) is 5.21. The van der Waals surface area contributed by atoms with E-state index >= 15 is 0 Å². The average molecular weight is 289 g/mol. The molecule has 0 aliphatic carbocycles. The summed E-state index contributed by atoms with van der Waals surface area (Å²) >= 11 is 0. The normalized spacial score (nSPS) is 11.3. The van der Waals surface area contributed by atoms with E-state index in [9.17, 15) is 18.5 Å². The number of likely N-dealkylation sites (N-methyl/N-ethyl adjacent to an activating group) is 1. The molecular weight excluding hydrogens is 274 g/mol. The van der Waals surface area contributed by atoms with Crippen LogP contribution in [0.15, 0.2) is 23.1 Å². The number of nitrogens with zero attached hydrogens (tertiary/aromatic N) is 1. The summed E-state index contributed by atoms with van der Waals surface area (Å²) in [6.07, 6.45) is 0. The molecule has 0 unspecified atom stereocenters. The van der Waals surface area contributed by atoms with Crippen LogP contribution in [0.3, 0.4) is 0 Å². The molecule has 0 saturated carbocycles. The first-order chi connectivity index (χ1) is 8.92. The van der Waals surface area contributed by atoms with E-state index in [2.05, 4.69) is 10.0 Å². The maximum atomic E-state index is 11.6. The molecule has 1 aromatic carbocycles. The number of benzene rings is 1. The molecule has 0 radical (unpaired) electrons. The Hall–Kier alpha value is -1.71. The van der Waals surface area contributed by atoms with E-state index in [4.69, 9.17) is 4.74 Å². The summed E-state index contributed by atoms with van der Waals surface area (Å²) in [6, 6.07) is 3.51. The van der Waals surface area contributed by atoms with Gasteiger partial charge < -0.3 is 10.1 Å². The molecule has 1 rings (SSSR count). The standard InChI is InChI=1S/C10H15N3O5S/c1-11-5-6-18-10-4-3-8(19(16,17)12-2)7-9(10)13(14)15/h3-4,7,11-12H,5-6H2,1-2H3. The maximum absolute atomic E-state index is 11.6. The van der Waals surface area contributed by atoms with Gasteiger partial charge in [-0.05, 0) is 26.2 Å². The summed E-state index contributed by atoms with van der Waals surface area (Å²) in [7, 11) is -0.761. The molecule has 1 aromatic rings. The predicted molar refractivity (Wildman–Crippen MR) is 68.8 cm³/mol. The third-order valence-electron chi connectivity index (χ3n) is 2.32. The van der Waals surface area contributed by atoms with Gasteiger partial charge in [-0.15, -0.1) is 0 Å². The molecule has 0 fully saturated rings. The average Bonchev–Trinajstić information content (AvgIpc) is 2.39. The van der Waals surface area contributed by atoms with E-state index in [0.717, 1.165) is 6.07 Å². The molecule has 9 heteroatoms. The minimum Gasteiger partial charge on any atom is -0.485 e. The Morgan fingerprint density at radius 3 is 2.58 bits per heavy atom. The van der Waals surface area contributed by atoms with E-state index in [1.54, 1.807) is 7.05 Å². The van der Waals surface area contributed by atoms with Crippen LogP contribution in [-0.2, 0) is 10.0 Å². The summed E-state index contributed by atoms with van der Waals surface area (Å²) < 4.78 is 30.4. The van der Waals surface area contributed by atoms with E-state index < -0.39 is 14.9 Å². The molecule has 2 N–H and O–H groups in total. The quantitative estimate of drug-likeness (QED) is 0.418. The number of nitro benzene ring substituents is 1. The minimum atomic E-state index is -3.72. The zero-order valence-corrected chi connectivity index (χ0v) is 11.4. The molecule has 19 heavy (non-hydrogen) atoms. The lowest BCUT2D eigenvalue weighted by Gasteiger charge is -2.08. The Balaban J connectivity index is 3.12. The van der Waals surface area contributed by atoms with Crippen molar-refractivity contribution in [2.45, 2.75) is 4.90 Å². The molecule has 0 aliphatic heterocycles. The van der Waals surface area contributed by atoms with Crippen LogP contribution < -0.4 is 14.8 Å². The fraction of sp³-hybridized carbons (Fsp3) is 0.400. The van der Waals surface area contributed by atoms with E-state index in [0.29, 0.717) is 6.54 Å². The van der Waals surface area contributed by atoms with Crippen molar-refractivity contribution in [2.75, 3.05) is 27.2 Å². The van der Waals surface area contributed by atoms with Gasteiger partial charge in [0.1, 0.15) is 6.61 Å². The highest BCUT2D eigenvalue weighted by molar-refractivity contribution is 7.89. The van der Waals surface area contributed by atoms with Crippen LogP contribution in [0.5, 0.6) is 5.75 Å². The summed E-state index contributed by atoms with van der Waals surface area (Å²) in [5, 5.41) is 13.7. The topological polar surface area (TPSA) is 111 Å². The molecule has 0 saturated heterocycles. The van der Waals surface area contributed by atoms with Gasteiger partial charge in [0.05, 0.1) is 9.82 Å². The highest BCUT2D eigenvalue weighted by Crippen LogP contribution is 2.29. The lowest BCUT2D eigenvalue weighted by Crippen LogP contribution is -2.19. The summed E-state index contributed by atoms with van der Waals surface area (Å²) in [5.41, 5.74) is -0.382. The third kappa shape index (κ3) is 3.88. The van der Waals surface area contributed by atoms with Crippen LogP contribution in [0.4, 0.5) is 5.69 Å². The largest absolute Gasteiger partial charge is 0.485 e. The molecule has 0 spiro atoms. The van der Waals surface area contributed by atoms with Crippen molar-refractivity contribution < 1.29 is 18.1 Å². The number of sulfonamides is 1. The van der Waals surface area contributed by atoms with Crippen LogP contribution in [-0.4, -0.2) is 40.6 Å². The Bertz CT molecular complexity index is 558. The van der Waals surface area contributed by atoms with Crippen molar-refractivity contribution in [3.05, 3.63) is 28.3 Å². The van der Waals surface area contributed by atoms with Gasteiger partial charge in [0.25, 0.3) is 0 Å². The van der Waals surface area contributed by atoms with Gasteiger partial charge in [0, 0.05) is 12.6 Å². The summed E-state index contributed by atoms with van der Waals surface area (Å²) in [4.78, 5) is 10.1. The van der Waals surface area contributed by atoms with Gasteiger partial charge >= 0.3 is 5.69 Å². The summed E-state index contributed by atoms with van der Waals surface area (Å²) in [5.74, 6) is 0.0373. The number of hydrogen-bond acceptors (Lipinski definition) is 6. The molecule has 8 nitrogen and oxygen atoms in total. The monoisotopic (exact) mass is 289 g/mol. The second-order valence-electron chi connectivity index (χ2n) is 3.55. The van der Waals surface area contributed by atoms with Gasteiger partial charge in [0.2, 0.25) is 10.0 Å². The Labute approximate surface area is 111 Å². The van der Waals surface area contributed by atoms with E-state index in [-0.39, 0.29) is 22.9 Å². The number of ether oxygens (including phenoxy) is 1. The zero-order chi connectivity index (χ0) is 14.5. The second kappa shape index (κ2) is 6.45. The molecule has 0 amide bonds. The fourth-order valence-corrected chi connectivity index (χ4v) is 2.06. The highest BCUT2D eigenvalue weighted by atomic mass is 32.2. The number of rotatable bonds is 7. The lowest BCUT2D eigenvalue weighted by atomic mass is 10.3. The first-order valence-corrected chi connectivity index (χ1v) is 6.90. The molecule has 0 atom stereocenters. The Morgan fingerprint density at radius 1 is 1.37 bits per heavy atom. The first-order valence-electron chi connectivity index (χ1n) is 5.41. The van der Waals surface area contributed by atoms with Gasteiger partial charge in [0.15, 0.2) is 5.75 Å². The van der Waals surface area contributed by atoms with Crippen LogP contribution in [0.25, 0.3) is 0 Å². The minimum absolute atomic E-state index is 0.0373. The second-order valence-corrected chi connectivity index (χ2v) is 5.43. The van der Waals surface area contributed by atoms with Crippen molar-refractivity contribution in [3.63, 3.8) is 0 Å². The van der Waals surface area contributed by atoms with Crippen molar-refractivity contribution >= 4 is 15.7 Å². The fourth-order valence-electron chi connectivity index (χ4n) is 1.31. The van der Waals surface area contributed by atoms with Gasteiger partial charge in [-0.25, -0.2) is 13.1 Å². The number of hydrogen-bond donors (Lipinski definition) is 2.